The Balaban J connectivity index is 1.74. The van der Waals surface area contributed by atoms with E-state index in [1.807, 2.05) is 0 Å². The molecule has 0 saturated carbocycles. The lowest BCUT2D eigenvalue weighted by Gasteiger charge is -2.12. The van der Waals surface area contributed by atoms with Crippen LogP contribution in [0.1, 0.15) is 23.0 Å². The molecule has 1 aromatic heterocycles. The number of halogens is 2. The maximum Gasteiger partial charge on any atom is 0.341 e. The number of nitrogens with one attached hydrogen (secondary N) is 1. The number of carbonyl (C=O) groups excluding carboxylic acids is 1. The SMILES string of the molecule is CCOc1cc(C=NNC(=O)c2cc3cc(Cl)ccc3o2)c(Br)cc1OCC(=O)O. The number of fused-ring (bicyclic) bond motifs is 1. The highest BCUT2D eigenvalue weighted by Gasteiger charge is 2.13. The van der Waals surface area contributed by atoms with Crippen molar-refractivity contribution in [3.05, 3.63) is 57.2 Å². The lowest BCUT2D eigenvalue weighted by Crippen LogP contribution is -2.16. The summed E-state index contributed by atoms with van der Waals surface area (Å²) in [7, 11) is 0. The molecule has 0 unspecified atom stereocenters. The molecule has 0 radical (unpaired) electrons. The molecule has 2 aromatic carbocycles. The van der Waals surface area contributed by atoms with Gasteiger partial charge >= 0.3 is 11.9 Å². The van der Waals surface area contributed by atoms with Gasteiger partial charge in [-0.1, -0.05) is 11.6 Å². The Morgan fingerprint density at radius 2 is 2.00 bits per heavy atom. The van der Waals surface area contributed by atoms with Crippen LogP contribution in [0.5, 0.6) is 11.5 Å². The minimum atomic E-state index is -1.10. The zero-order valence-electron chi connectivity index (χ0n) is 15.6. The summed E-state index contributed by atoms with van der Waals surface area (Å²) in [6, 6.07) is 9.80. The predicted octanol–water partition coefficient (Wildman–Crippen LogP) is 4.47. The fraction of sp³-hybridized carbons (Fsp3) is 0.150. The van der Waals surface area contributed by atoms with Gasteiger partial charge in [0, 0.05) is 20.4 Å². The third-order valence-corrected chi connectivity index (χ3v) is 4.71. The first-order valence-corrected chi connectivity index (χ1v) is 9.88. The van der Waals surface area contributed by atoms with Gasteiger partial charge in [0.15, 0.2) is 23.9 Å². The molecule has 10 heteroatoms. The lowest BCUT2D eigenvalue weighted by atomic mass is 10.2. The van der Waals surface area contributed by atoms with Crippen molar-refractivity contribution >= 4 is 56.6 Å². The third-order valence-electron chi connectivity index (χ3n) is 3.79. The predicted molar refractivity (Wildman–Crippen MR) is 115 cm³/mol. The maximum absolute atomic E-state index is 12.3. The molecule has 0 bridgehead atoms. The van der Waals surface area contributed by atoms with Crippen LogP contribution in [-0.2, 0) is 4.79 Å². The first kappa shape index (κ1) is 21.7. The van der Waals surface area contributed by atoms with Gasteiger partial charge in [-0.15, -0.1) is 0 Å². The minimum absolute atomic E-state index is 0.0934. The van der Waals surface area contributed by atoms with E-state index in [-0.39, 0.29) is 11.5 Å². The molecule has 156 valence electrons. The number of rotatable bonds is 8. The highest BCUT2D eigenvalue weighted by molar-refractivity contribution is 9.10. The molecule has 1 amide bonds. The van der Waals surface area contributed by atoms with Crippen LogP contribution in [0.15, 0.2) is 50.4 Å². The van der Waals surface area contributed by atoms with Crippen LogP contribution < -0.4 is 14.9 Å². The monoisotopic (exact) mass is 494 g/mol. The molecule has 0 aliphatic rings. The summed E-state index contributed by atoms with van der Waals surface area (Å²) in [5, 5.41) is 14.0. The molecule has 0 aliphatic carbocycles. The fourth-order valence-corrected chi connectivity index (χ4v) is 3.12. The quantitative estimate of drug-likeness (QED) is 0.352. The molecule has 2 N–H and O–H groups in total. The summed E-state index contributed by atoms with van der Waals surface area (Å²) in [6.45, 7) is 1.64. The van der Waals surface area contributed by atoms with E-state index < -0.39 is 18.5 Å². The van der Waals surface area contributed by atoms with Crippen LogP contribution in [0, 0.1) is 0 Å². The van der Waals surface area contributed by atoms with Crippen molar-refractivity contribution in [3.63, 3.8) is 0 Å². The van der Waals surface area contributed by atoms with E-state index in [1.54, 1.807) is 43.3 Å². The van der Waals surface area contributed by atoms with E-state index in [2.05, 4.69) is 26.5 Å². The van der Waals surface area contributed by atoms with E-state index in [0.29, 0.717) is 38.4 Å². The maximum atomic E-state index is 12.3. The first-order valence-electron chi connectivity index (χ1n) is 8.70. The van der Waals surface area contributed by atoms with E-state index in [4.69, 9.17) is 30.6 Å². The van der Waals surface area contributed by atoms with Gasteiger partial charge in [0.05, 0.1) is 12.8 Å². The van der Waals surface area contributed by atoms with Gasteiger partial charge in [0.25, 0.3) is 0 Å². The summed E-state index contributed by atoms with van der Waals surface area (Å²) < 4.78 is 16.8. The number of aliphatic carboxylic acids is 1. The number of hydrogen-bond acceptors (Lipinski definition) is 6. The van der Waals surface area contributed by atoms with Crippen LogP contribution >= 0.6 is 27.5 Å². The van der Waals surface area contributed by atoms with Crippen molar-refractivity contribution in [2.24, 2.45) is 5.10 Å². The molecule has 3 rings (SSSR count). The molecule has 3 aromatic rings. The highest BCUT2D eigenvalue weighted by atomic mass is 79.9. The van der Waals surface area contributed by atoms with Crippen molar-refractivity contribution in [3.8, 4) is 11.5 Å². The second-order valence-electron chi connectivity index (χ2n) is 5.93. The van der Waals surface area contributed by atoms with Crippen molar-refractivity contribution in [1.29, 1.82) is 0 Å². The minimum Gasteiger partial charge on any atom is -0.490 e. The van der Waals surface area contributed by atoms with Crippen molar-refractivity contribution in [2.45, 2.75) is 6.92 Å². The largest absolute Gasteiger partial charge is 0.490 e. The number of furan rings is 1. The highest BCUT2D eigenvalue weighted by Crippen LogP contribution is 2.33. The van der Waals surface area contributed by atoms with Gasteiger partial charge in [0.2, 0.25) is 0 Å². The number of benzene rings is 2. The van der Waals surface area contributed by atoms with Gasteiger partial charge in [-0.05, 0) is 59.3 Å². The molecule has 8 nitrogen and oxygen atoms in total. The molecular formula is C20H16BrClN2O6. The normalized spacial score (nSPS) is 11.0. The van der Waals surface area contributed by atoms with Crippen LogP contribution in [-0.4, -0.2) is 36.4 Å². The second-order valence-corrected chi connectivity index (χ2v) is 7.22. The number of carboxylic acids is 1. The zero-order valence-corrected chi connectivity index (χ0v) is 18.0. The van der Waals surface area contributed by atoms with Crippen molar-refractivity contribution in [2.75, 3.05) is 13.2 Å². The Labute approximate surface area is 184 Å². The molecule has 0 spiro atoms. The summed E-state index contributed by atoms with van der Waals surface area (Å²) >= 11 is 9.30. The molecule has 0 atom stereocenters. The standard InChI is InChI=1S/C20H16BrClN2O6/c1-2-28-16-7-12(14(21)8-17(16)29-10-19(25)26)9-23-24-20(27)18-6-11-5-13(22)3-4-15(11)30-18/h3-9H,2,10H2,1H3,(H,24,27)(H,25,26). The van der Waals surface area contributed by atoms with E-state index in [1.165, 1.54) is 6.21 Å². The number of carbonyl (C=O) groups is 2. The number of hydrazone groups is 1. The lowest BCUT2D eigenvalue weighted by molar-refractivity contribution is -0.139. The van der Waals surface area contributed by atoms with Gasteiger partial charge < -0.3 is 19.0 Å². The van der Waals surface area contributed by atoms with Crippen LogP contribution in [0.4, 0.5) is 0 Å². The first-order chi connectivity index (χ1) is 14.4. The summed E-state index contributed by atoms with van der Waals surface area (Å²) in [5.74, 6) is -0.913. The topological polar surface area (TPSA) is 110 Å². The van der Waals surface area contributed by atoms with Crippen molar-refractivity contribution in [1.82, 2.24) is 5.43 Å². The summed E-state index contributed by atoms with van der Waals surface area (Å²) in [5.41, 5.74) is 3.51. The number of ether oxygens (including phenoxy) is 2. The average molecular weight is 496 g/mol. The molecule has 0 fully saturated rings. The Bertz CT molecular complexity index is 1130. The number of carboxylic acid groups (broad SMARTS) is 1. The second kappa shape index (κ2) is 9.64. The zero-order chi connectivity index (χ0) is 21.7. The molecule has 0 saturated heterocycles. The molecular weight excluding hydrogens is 480 g/mol. The Kier molecular flexibility index (Phi) is 6.96. The Hall–Kier alpha value is -3.04. The Morgan fingerprint density at radius 3 is 2.73 bits per heavy atom. The van der Waals surface area contributed by atoms with Gasteiger partial charge in [-0.25, -0.2) is 10.2 Å². The number of amides is 1. The number of hydrogen-bond donors (Lipinski definition) is 2. The molecule has 30 heavy (non-hydrogen) atoms. The van der Waals surface area contributed by atoms with E-state index in [0.717, 1.165) is 0 Å². The van der Waals surface area contributed by atoms with Gasteiger partial charge in [0.1, 0.15) is 5.58 Å². The smallest absolute Gasteiger partial charge is 0.341 e. The fourth-order valence-electron chi connectivity index (χ4n) is 2.51. The molecule has 0 aliphatic heterocycles. The van der Waals surface area contributed by atoms with Crippen molar-refractivity contribution < 1.29 is 28.6 Å². The number of nitrogens with zero attached hydrogens (tertiary/aromatic N) is 1. The van der Waals surface area contributed by atoms with Gasteiger partial charge in [-0.2, -0.15) is 5.10 Å². The van der Waals surface area contributed by atoms with Gasteiger partial charge in [-0.3, -0.25) is 4.79 Å². The third kappa shape index (κ3) is 5.31. The summed E-state index contributed by atoms with van der Waals surface area (Å²) in [6.07, 6.45) is 1.41. The van der Waals surface area contributed by atoms with E-state index >= 15 is 0 Å². The van der Waals surface area contributed by atoms with E-state index in [9.17, 15) is 9.59 Å². The Morgan fingerprint density at radius 1 is 1.23 bits per heavy atom. The van der Waals surface area contributed by atoms with Crippen LogP contribution in [0.3, 0.4) is 0 Å². The van der Waals surface area contributed by atoms with Crippen LogP contribution in [0.25, 0.3) is 11.0 Å². The average Bonchev–Trinajstić information content (AvgIpc) is 3.12. The van der Waals surface area contributed by atoms with Crippen LogP contribution in [0.2, 0.25) is 5.02 Å². The summed E-state index contributed by atoms with van der Waals surface area (Å²) in [4.78, 5) is 23.0. The molecule has 1 heterocycles.